The fraction of sp³-hybridized carbons (Fsp3) is 1.00. The van der Waals surface area contributed by atoms with Gasteiger partial charge in [-0.25, -0.2) is 0 Å². The van der Waals surface area contributed by atoms with E-state index >= 15 is 0 Å². The van der Waals surface area contributed by atoms with Crippen LogP contribution >= 0.6 is 0 Å². The van der Waals surface area contributed by atoms with Gasteiger partial charge in [0.15, 0.2) is 0 Å². The van der Waals surface area contributed by atoms with Crippen molar-refractivity contribution in [2.24, 2.45) is 35.5 Å². The van der Waals surface area contributed by atoms with Crippen LogP contribution in [0.1, 0.15) is 142 Å². The molecule has 0 amide bonds. The van der Waals surface area contributed by atoms with Crippen LogP contribution in [0.5, 0.6) is 0 Å². The van der Waals surface area contributed by atoms with E-state index in [9.17, 15) is 4.39 Å². The van der Waals surface area contributed by atoms with Crippen LogP contribution in [-0.2, 0) is 0 Å². The Morgan fingerprint density at radius 1 is 0.467 bits per heavy atom. The molecule has 0 heterocycles. The van der Waals surface area contributed by atoms with Crippen LogP contribution in [0.15, 0.2) is 0 Å². The molecule has 0 N–H and O–H groups in total. The normalized spacial score (nSPS) is 35.4. The molecule has 0 radical (unpaired) electrons. The molecular weight excluding hydrogens is 367 g/mol. The standard InChI is InChI=1S/C29H53F/c1-2-3-4-5-6-9-24-11-15-26(16-12-24)28-19-21-29(22-20-28)27-17-13-25(14-18-27)10-7-8-23-30/h24-29H,2-23H2,1H3. The summed E-state index contributed by atoms with van der Waals surface area (Å²) in [5, 5.41) is 0. The predicted molar refractivity (Wildman–Crippen MR) is 130 cm³/mol. The summed E-state index contributed by atoms with van der Waals surface area (Å²) >= 11 is 0. The Kier molecular flexibility index (Phi) is 11.6. The smallest absolute Gasteiger partial charge is 0.0894 e. The largest absolute Gasteiger partial charge is 0.251 e. The zero-order valence-electron chi connectivity index (χ0n) is 20.4. The maximum atomic E-state index is 12.3. The van der Waals surface area contributed by atoms with Gasteiger partial charge in [0.25, 0.3) is 0 Å². The lowest BCUT2D eigenvalue weighted by Crippen LogP contribution is -2.29. The number of unbranched alkanes of at least 4 members (excludes halogenated alkanes) is 5. The molecule has 0 unspecified atom stereocenters. The van der Waals surface area contributed by atoms with Crippen molar-refractivity contribution in [2.45, 2.75) is 142 Å². The molecule has 176 valence electrons. The SMILES string of the molecule is CCCCCCCC1CCC(C2CCC(C3CCC(CCCCF)CC3)CC2)CC1. The molecule has 3 rings (SSSR count). The van der Waals surface area contributed by atoms with Crippen LogP contribution in [0.25, 0.3) is 0 Å². The van der Waals surface area contributed by atoms with E-state index in [-0.39, 0.29) is 6.67 Å². The molecule has 3 saturated carbocycles. The van der Waals surface area contributed by atoms with E-state index in [0.29, 0.717) is 0 Å². The lowest BCUT2D eigenvalue weighted by Gasteiger charge is -2.41. The maximum Gasteiger partial charge on any atom is 0.0894 e. The van der Waals surface area contributed by atoms with Gasteiger partial charge in [0.05, 0.1) is 6.67 Å². The van der Waals surface area contributed by atoms with Crippen LogP contribution in [0.3, 0.4) is 0 Å². The molecule has 3 fully saturated rings. The molecule has 3 aliphatic rings. The third-order valence-corrected chi connectivity index (χ3v) is 9.64. The van der Waals surface area contributed by atoms with Crippen molar-refractivity contribution in [1.82, 2.24) is 0 Å². The first-order valence-corrected chi connectivity index (χ1v) is 14.4. The lowest BCUT2D eigenvalue weighted by atomic mass is 9.64. The Bertz CT molecular complexity index is 408. The molecule has 0 aromatic carbocycles. The average molecular weight is 421 g/mol. The molecule has 3 aliphatic carbocycles. The van der Waals surface area contributed by atoms with Crippen LogP contribution in [0.4, 0.5) is 4.39 Å². The Balaban J connectivity index is 1.26. The van der Waals surface area contributed by atoms with Crippen molar-refractivity contribution in [3.05, 3.63) is 0 Å². The molecule has 0 aromatic rings. The average Bonchev–Trinajstić information content (AvgIpc) is 2.80. The molecule has 0 spiro atoms. The minimum atomic E-state index is -0.112. The number of alkyl halides is 1. The highest BCUT2D eigenvalue weighted by Gasteiger charge is 2.34. The van der Waals surface area contributed by atoms with Gasteiger partial charge in [0, 0.05) is 0 Å². The molecule has 1 heteroatoms. The Morgan fingerprint density at radius 2 is 0.833 bits per heavy atom. The quantitative estimate of drug-likeness (QED) is 0.275. The van der Waals surface area contributed by atoms with E-state index in [2.05, 4.69) is 6.92 Å². The summed E-state index contributed by atoms with van der Waals surface area (Å²) < 4.78 is 12.3. The summed E-state index contributed by atoms with van der Waals surface area (Å²) in [6.45, 7) is 2.21. The first kappa shape index (κ1) is 24.6. The lowest BCUT2D eigenvalue weighted by molar-refractivity contribution is 0.102. The van der Waals surface area contributed by atoms with Gasteiger partial charge in [-0.15, -0.1) is 0 Å². The highest BCUT2D eigenvalue weighted by atomic mass is 19.1. The van der Waals surface area contributed by atoms with Gasteiger partial charge in [-0.1, -0.05) is 84.0 Å². The zero-order valence-corrected chi connectivity index (χ0v) is 20.4. The summed E-state index contributed by atoms with van der Waals surface area (Å²) in [6, 6.07) is 0. The van der Waals surface area contributed by atoms with E-state index in [4.69, 9.17) is 0 Å². The van der Waals surface area contributed by atoms with Gasteiger partial charge in [-0.3, -0.25) is 4.39 Å². The number of rotatable bonds is 12. The Morgan fingerprint density at radius 3 is 1.23 bits per heavy atom. The van der Waals surface area contributed by atoms with E-state index in [1.165, 1.54) is 70.6 Å². The first-order valence-electron chi connectivity index (χ1n) is 14.4. The van der Waals surface area contributed by atoms with Crippen molar-refractivity contribution in [1.29, 1.82) is 0 Å². The molecule has 30 heavy (non-hydrogen) atoms. The zero-order chi connectivity index (χ0) is 21.0. The molecule has 0 nitrogen and oxygen atoms in total. The van der Waals surface area contributed by atoms with Gasteiger partial charge in [0.1, 0.15) is 0 Å². The topological polar surface area (TPSA) is 0 Å². The van der Waals surface area contributed by atoms with Crippen LogP contribution in [-0.4, -0.2) is 6.67 Å². The fourth-order valence-electron chi connectivity index (χ4n) is 7.55. The molecule has 0 saturated heterocycles. The summed E-state index contributed by atoms with van der Waals surface area (Å²) in [6.07, 6.45) is 30.2. The highest BCUT2D eigenvalue weighted by Crippen LogP contribution is 2.46. The van der Waals surface area contributed by atoms with Crippen molar-refractivity contribution in [2.75, 3.05) is 6.67 Å². The second kappa shape index (κ2) is 14.2. The number of hydrogen-bond acceptors (Lipinski definition) is 0. The number of halogens is 1. The number of hydrogen-bond donors (Lipinski definition) is 0. The predicted octanol–water partition coefficient (Wildman–Crippen LogP) is 9.91. The molecular formula is C29H53F. The van der Waals surface area contributed by atoms with Gasteiger partial charge in [0.2, 0.25) is 0 Å². The summed E-state index contributed by atoms with van der Waals surface area (Å²) in [4.78, 5) is 0. The van der Waals surface area contributed by atoms with Crippen molar-refractivity contribution >= 4 is 0 Å². The van der Waals surface area contributed by atoms with E-state index in [0.717, 1.165) is 48.3 Å². The molecule has 0 aromatic heterocycles. The summed E-state index contributed by atoms with van der Waals surface area (Å²) in [5.74, 6) is 6.22. The fourth-order valence-corrected chi connectivity index (χ4v) is 7.55. The summed E-state index contributed by atoms with van der Waals surface area (Å²) in [7, 11) is 0. The molecule has 0 aliphatic heterocycles. The van der Waals surface area contributed by atoms with Gasteiger partial charge < -0.3 is 0 Å². The van der Waals surface area contributed by atoms with Gasteiger partial charge >= 0.3 is 0 Å². The van der Waals surface area contributed by atoms with Crippen LogP contribution in [0.2, 0.25) is 0 Å². The van der Waals surface area contributed by atoms with Crippen molar-refractivity contribution in [3.63, 3.8) is 0 Å². The van der Waals surface area contributed by atoms with Crippen LogP contribution < -0.4 is 0 Å². The third-order valence-electron chi connectivity index (χ3n) is 9.64. The van der Waals surface area contributed by atoms with Crippen molar-refractivity contribution < 1.29 is 4.39 Å². The molecule has 0 bridgehead atoms. The van der Waals surface area contributed by atoms with Gasteiger partial charge in [-0.05, 0) is 93.3 Å². The third kappa shape index (κ3) is 8.12. The van der Waals surface area contributed by atoms with Gasteiger partial charge in [-0.2, -0.15) is 0 Å². The minimum absolute atomic E-state index is 0.112. The van der Waals surface area contributed by atoms with E-state index in [1.54, 1.807) is 51.4 Å². The highest BCUT2D eigenvalue weighted by molar-refractivity contribution is 4.86. The molecule has 0 atom stereocenters. The minimum Gasteiger partial charge on any atom is -0.251 e. The maximum absolute atomic E-state index is 12.3. The first-order chi connectivity index (χ1) is 14.8. The van der Waals surface area contributed by atoms with Crippen LogP contribution in [0, 0.1) is 35.5 Å². The second-order valence-corrected chi connectivity index (χ2v) is 11.6. The summed E-state index contributed by atoms with van der Waals surface area (Å²) in [5.41, 5.74) is 0. The monoisotopic (exact) mass is 420 g/mol. The Labute approximate surface area is 188 Å². The van der Waals surface area contributed by atoms with Crippen molar-refractivity contribution in [3.8, 4) is 0 Å². The Hall–Kier alpha value is -0.0700. The van der Waals surface area contributed by atoms with E-state index < -0.39 is 0 Å². The second-order valence-electron chi connectivity index (χ2n) is 11.6. The van der Waals surface area contributed by atoms with E-state index in [1.807, 2.05) is 0 Å².